The molecule has 0 saturated carbocycles. The maximum Gasteiger partial charge on any atom is 0.353 e. The van der Waals surface area contributed by atoms with Gasteiger partial charge in [0, 0.05) is 40.4 Å². The minimum atomic E-state index is -1.20. The van der Waals surface area contributed by atoms with Crippen molar-refractivity contribution < 1.29 is 33.8 Å². The molecule has 3 aliphatic heterocycles. The fourth-order valence-corrected chi connectivity index (χ4v) is 7.59. The second kappa shape index (κ2) is 11.1. The summed E-state index contributed by atoms with van der Waals surface area (Å²) >= 11 is 1.35. The third-order valence-corrected chi connectivity index (χ3v) is 9.33. The quantitative estimate of drug-likeness (QED) is 0.312. The molecule has 5 rings (SSSR count). The fourth-order valence-electron chi connectivity index (χ4n) is 6.04. The highest BCUT2D eigenvalue weighted by Crippen LogP contribution is 2.52. The third-order valence-electron chi connectivity index (χ3n) is 7.84. The van der Waals surface area contributed by atoms with E-state index in [0.717, 1.165) is 0 Å². The number of likely N-dealkylation sites (tertiary alicyclic amines) is 1. The van der Waals surface area contributed by atoms with Crippen LogP contribution in [-0.2, 0) is 20.9 Å². The summed E-state index contributed by atoms with van der Waals surface area (Å²) in [5.74, 6) is -3.21. The minimum Gasteiger partial charge on any atom is -0.477 e. The number of aliphatic hydroxyl groups excluding tert-OH is 1. The first kappa shape index (κ1) is 28.0. The van der Waals surface area contributed by atoms with Gasteiger partial charge in [-0.15, -0.1) is 11.8 Å². The van der Waals surface area contributed by atoms with Crippen molar-refractivity contribution in [1.82, 2.24) is 9.80 Å². The highest BCUT2D eigenvalue weighted by Gasteiger charge is 2.60. The van der Waals surface area contributed by atoms with Gasteiger partial charge in [0.2, 0.25) is 11.8 Å². The molecule has 3 aliphatic rings. The van der Waals surface area contributed by atoms with Gasteiger partial charge in [0.1, 0.15) is 17.8 Å². The predicted molar refractivity (Wildman–Crippen MR) is 147 cm³/mol. The van der Waals surface area contributed by atoms with Crippen LogP contribution in [0.15, 0.2) is 59.1 Å². The maximum absolute atomic E-state index is 13.9. The molecule has 2 fully saturated rings. The number of halogens is 1. The van der Waals surface area contributed by atoms with Gasteiger partial charge in [0.15, 0.2) is 0 Å². The molecule has 40 heavy (non-hydrogen) atoms. The number of nitrogens with one attached hydrogen (secondary N) is 1. The van der Waals surface area contributed by atoms with E-state index in [9.17, 15) is 33.8 Å². The molecule has 2 saturated heterocycles. The molecule has 0 radical (unpaired) electrons. The van der Waals surface area contributed by atoms with Gasteiger partial charge in [-0.05, 0) is 43.2 Å². The molecular weight excluding hydrogens is 537 g/mol. The summed E-state index contributed by atoms with van der Waals surface area (Å²) in [6.07, 6.45) is 0.191. The van der Waals surface area contributed by atoms with E-state index >= 15 is 0 Å². The van der Waals surface area contributed by atoms with Crippen molar-refractivity contribution in [2.45, 2.75) is 50.3 Å². The molecule has 2 amide bonds. The van der Waals surface area contributed by atoms with Gasteiger partial charge in [-0.2, -0.15) is 0 Å². The first-order chi connectivity index (χ1) is 19.1. The summed E-state index contributed by atoms with van der Waals surface area (Å²) in [7, 11) is 0. The number of aldehydes is 1. The normalized spacial score (nSPS) is 26.9. The molecule has 3 N–H and O–H groups in total. The van der Waals surface area contributed by atoms with Gasteiger partial charge in [0.25, 0.3) is 0 Å². The van der Waals surface area contributed by atoms with E-state index in [1.165, 1.54) is 35.7 Å². The largest absolute Gasteiger partial charge is 0.477 e. The molecule has 3 heterocycles. The van der Waals surface area contributed by atoms with Gasteiger partial charge < -0.3 is 20.4 Å². The van der Waals surface area contributed by atoms with Crippen molar-refractivity contribution in [1.29, 1.82) is 0 Å². The highest BCUT2D eigenvalue weighted by molar-refractivity contribution is 8.03. The number of β-lactam (4-membered cyclic amide) rings is 1. The van der Waals surface area contributed by atoms with Crippen molar-refractivity contribution in [3.63, 3.8) is 0 Å². The van der Waals surface area contributed by atoms with E-state index < -0.39 is 36.0 Å². The Bertz CT molecular complexity index is 1400. The fraction of sp³-hybridized carbons (Fsp3) is 0.379. The van der Waals surface area contributed by atoms with Crippen LogP contribution >= 0.6 is 11.8 Å². The number of carbonyl (C=O) groups excluding carboxylic acids is 3. The van der Waals surface area contributed by atoms with Gasteiger partial charge in [-0.1, -0.05) is 31.2 Å². The Balaban J connectivity index is 1.39. The summed E-state index contributed by atoms with van der Waals surface area (Å²) in [5, 5.41) is 22.8. The Morgan fingerprint density at radius 1 is 1.23 bits per heavy atom. The highest BCUT2D eigenvalue weighted by atomic mass is 32.2. The summed E-state index contributed by atoms with van der Waals surface area (Å²) in [5.41, 5.74) is 1.54. The Hall–Kier alpha value is -3.54. The molecule has 2 aromatic carbocycles. The van der Waals surface area contributed by atoms with Gasteiger partial charge in [-0.3, -0.25) is 19.3 Å². The lowest BCUT2D eigenvalue weighted by atomic mass is 9.79. The minimum absolute atomic E-state index is 0.0559. The third kappa shape index (κ3) is 5.16. The van der Waals surface area contributed by atoms with Crippen LogP contribution in [0.25, 0.3) is 0 Å². The van der Waals surface area contributed by atoms with Crippen LogP contribution in [0.2, 0.25) is 0 Å². The van der Waals surface area contributed by atoms with Crippen molar-refractivity contribution in [3.8, 4) is 0 Å². The maximum atomic E-state index is 13.9. The predicted octanol–water partition coefficient (Wildman–Crippen LogP) is 3.11. The van der Waals surface area contributed by atoms with Gasteiger partial charge >= 0.3 is 5.97 Å². The smallest absolute Gasteiger partial charge is 0.353 e. The number of aliphatic hydroxyl groups is 1. The molecule has 0 aromatic heterocycles. The number of anilines is 1. The first-order valence-electron chi connectivity index (χ1n) is 13.1. The number of rotatable bonds is 9. The zero-order chi connectivity index (χ0) is 28.7. The number of fused-ring (bicyclic) bond motifs is 1. The topological polar surface area (TPSA) is 127 Å². The average molecular weight is 568 g/mol. The van der Waals surface area contributed by atoms with Gasteiger partial charge in [-0.25, -0.2) is 9.18 Å². The first-order valence-corrected chi connectivity index (χ1v) is 14.0. The van der Waals surface area contributed by atoms with Crippen LogP contribution in [0.5, 0.6) is 0 Å². The van der Waals surface area contributed by atoms with Crippen LogP contribution in [0.3, 0.4) is 0 Å². The number of aliphatic carboxylic acids is 1. The summed E-state index contributed by atoms with van der Waals surface area (Å²) in [6, 6.07) is 11.7. The lowest BCUT2D eigenvalue weighted by molar-refractivity contribution is -0.163. The van der Waals surface area contributed by atoms with E-state index in [1.807, 2.05) is 11.8 Å². The Morgan fingerprint density at radius 3 is 2.65 bits per heavy atom. The number of hydrogen-bond acceptors (Lipinski definition) is 7. The van der Waals surface area contributed by atoms with E-state index in [-0.39, 0.29) is 28.6 Å². The zero-order valence-electron chi connectivity index (χ0n) is 22.0. The second-order valence-corrected chi connectivity index (χ2v) is 11.9. The number of carbonyl (C=O) groups is 4. The Labute approximate surface area is 235 Å². The van der Waals surface area contributed by atoms with Crippen molar-refractivity contribution >= 4 is 41.5 Å². The van der Waals surface area contributed by atoms with E-state index in [4.69, 9.17) is 0 Å². The number of amides is 2. The van der Waals surface area contributed by atoms with Crippen molar-refractivity contribution in [2.24, 2.45) is 11.8 Å². The Morgan fingerprint density at radius 2 is 1.98 bits per heavy atom. The summed E-state index contributed by atoms with van der Waals surface area (Å²) in [6.45, 7) is 4.13. The number of carboxylic acids is 1. The number of thioether (sulfide) groups is 1. The molecule has 0 spiro atoms. The molecule has 11 heteroatoms. The zero-order valence-corrected chi connectivity index (χ0v) is 22.8. The Kier molecular flexibility index (Phi) is 7.80. The van der Waals surface area contributed by atoms with Crippen LogP contribution in [0.4, 0.5) is 10.1 Å². The summed E-state index contributed by atoms with van der Waals surface area (Å²) < 4.78 is 13.9. The molecule has 210 valence electrons. The van der Waals surface area contributed by atoms with E-state index in [1.54, 1.807) is 36.4 Å². The average Bonchev–Trinajstić information content (AvgIpc) is 3.40. The van der Waals surface area contributed by atoms with Crippen LogP contribution in [0, 0.1) is 17.7 Å². The van der Waals surface area contributed by atoms with Crippen LogP contribution in [-0.4, -0.2) is 74.1 Å². The lowest BCUT2D eigenvalue weighted by Gasteiger charge is -2.46. The lowest BCUT2D eigenvalue weighted by Crippen LogP contribution is -2.63. The molecule has 0 unspecified atom stereocenters. The molecule has 0 bridgehead atoms. The van der Waals surface area contributed by atoms with Crippen molar-refractivity contribution in [3.05, 3.63) is 76.1 Å². The monoisotopic (exact) mass is 567 g/mol. The molecule has 6 atom stereocenters. The molecule has 9 nitrogen and oxygen atoms in total. The molecular formula is C29H30FN3O6S. The number of carboxylic acid groups (broad SMARTS) is 1. The van der Waals surface area contributed by atoms with Gasteiger partial charge in [0.05, 0.1) is 24.1 Å². The molecule has 2 aromatic rings. The summed E-state index contributed by atoms with van der Waals surface area (Å²) in [4.78, 5) is 53.4. The molecule has 0 aliphatic carbocycles. The number of hydrogen-bond donors (Lipinski definition) is 3. The number of benzene rings is 2. The van der Waals surface area contributed by atoms with E-state index in [0.29, 0.717) is 47.5 Å². The van der Waals surface area contributed by atoms with Crippen LogP contribution in [0.1, 0.15) is 36.2 Å². The van der Waals surface area contributed by atoms with Crippen LogP contribution < -0.4 is 5.32 Å². The standard InChI is InChI=1S/C29H30FN3O6S/c1-15-24-23(16(2)35)28(37)33(24)25(29(38)39)26(15)40-21-11-22(27(36)31-20-8-4-6-18(10-20)14-34)32(13-21)12-17-5-3-7-19(30)9-17/h3-10,14-16,21-24,35H,11-13H2,1-2H3,(H,31,36)(H,38,39)/t15-,16-,21+,22+,23-,24-/m1/s1. The van der Waals surface area contributed by atoms with E-state index in [2.05, 4.69) is 5.32 Å². The second-order valence-electron chi connectivity index (χ2n) is 10.6. The van der Waals surface area contributed by atoms with Crippen molar-refractivity contribution in [2.75, 3.05) is 11.9 Å². The number of nitrogens with zero attached hydrogens (tertiary/aromatic N) is 2. The SMILES string of the molecule is C[C@@H](O)[C@H]1C(=O)N2C(C(=O)O)=C(S[C@H]3C[C@@H](C(=O)Nc4cccc(C=O)c4)N(Cc4cccc(F)c4)C3)[C@H](C)[C@H]12.